The quantitative estimate of drug-likeness (QED) is 0.568. The predicted octanol–water partition coefficient (Wildman–Crippen LogP) is -0.742. The minimum Gasteiger partial charge on any atom is -0.394 e. The first-order chi connectivity index (χ1) is 8.72. The Hall–Kier alpha value is -0.980. The van der Waals surface area contributed by atoms with Crippen molar-refractivity contribution in [1.82, 2.24) is 5.32 Å². The molecule has 0 aliphatic carbocycles. The molecule has 0 unspecified atom stereocenters. The largest absolute Gasteiger partial charge is 0.394 e. The summed E-state index contributed by atoms with van der Waals surface area (Å²) in [5.41, 5.74) is 1.10. The molecule has 1 aliphatic heterocycles. The first-order valence-electron chi connectivity index (χ1n) is 6.08. The third kappa shape index (κ3) is 3.07. The topological polar surface area (TPSA) is 82.0 Å². The number of benzene rings is 1. The van der Waals surface area contributed by atoms with Gasteiger partial charge in [0, 0.05) is 6.54 Å². The molecule has 18 heavy (non-hydrogen) atoms. The number of hydrogen-bond acceptors (Lipinski definition) is 5. The Balaban J connectivity index is 1.87. The van der Waals surface area contributed by atoms with Crippen LogP contribution >= 0.6 is 0 Å². The molecule has 1 fully saturated rings. The molecule has 100 valence electrons. The smallest absolute Gasteiger partial charge is 0.110 e. The molecular formula is C13H19NO4. The number of ether oxygens (including phenoxy) is 1. The molecule has 1 aromatic carbocycles. The van der Waals surface area contributed by atoms with Gasteiger partial charge >= 0.3 is 0 Å². The molecule has 1 heterocycles. The molecule has 0 aromatic heterocycles. The van der Waals surface area contributed by atoms with Gasteiger partial charge in [0.15, 0.2) is 0 Å². The minimum atomic E-state index is -1.06. The molecular weight excluding hydrogens is 234 g/mol. The molecule has 0 bridgehead atoms. The van der Waals surface area contributed by atoms with E-state index in [0.29, 0.717) is 6.54 Å². The van der Waals surface area contributed by atoms with Crippen molar-refractivity contribution in [3.05, 3.63) is 35.9 Å². The molecule has 0 amide bonds. The first-order valence-corrected chi connectivity index (χ1v) is 6.08. The van der Waals surface area contributed by atoms with Crippen LogP contribution in [0.5, 0.6) is 0 Å². The highest BCUT2D eigenvalue weighted by atomic mass is 16.5. The molecule has 4 N–H and O–H groups in total. The summed E-state index contributed by atoms with van der Waals surface area (Å²) in [4.78, 5) is 0. The second kappa shape index (κ2) is 6.26. The van der Waals surface area contributed by atoms with Gasteiger partial charge in [0.2, 0.25) is 0 Å². The summed E-state index contributed by atoms with van der Waals surface area (Å²) in [5.74, 6) is 0. The number of rotatable bonds is 4. The van der Waals surface area contributed by atoms with E-state index in [4.69, 9.17) is 9.84 Å². The summed E-state index contributed by atoms with van der Waals surface area (Å²) in [5, 5.41) is 31.7. The Morgan fingerprint density at radius 2 is 1.89 bits per heavy atom. The summed E-state index contributed by atoms with van der Waals surface area (Å²) in [6.07, 6.45) is -2.69. The van der Waals surface area contributed by atoms with Crippen LogP contribution in [-0.4, -0.2) is 52.9 Å². The molecule has 4 atom stereocenters. The summed E-state index contributed by atoms with van der Waals surface area (Å²) in [6.45, 7) is 0.586. The lowest BCUT2D eigenvalue weighted by molar-refractivity contribution is -0.161. The van der Waals surface area contributed by atoms with E-state index in [0.717, 1.165) is 5.56 Å². The standard InChI is InChI=1S/C13H19NO4/c15-7-11-13(17)12(16)10(8-18-11)14-6-9-4-2-1-3-5-9/h1-5,10-17H,6-8H2/t10-,11-,12+,13-/m0/s1. The normalized spacial score (nSPS) is 32.4. The van der Waals surface area contributed by atoms with Crippen molar-refractivity contribution in [2.24, 2.45) is 0 Å². The number of aliphatic hydroxyl groups excluding tert-OH is 3. The maximum absolute atomic E-state index is 9.91. The monoisotopic (exact) mass is 253 g/mol. The van der Waals surface area contributed by atoms with E-state index >= 15 is 0 Å². The van der Waals surface area contributed by atoms with E-state index in [-0.39, 0.29) is 19.3 Å². The van der Waals surface area contributed by atoms with Gasteiger partial charge < -0.3 is 25.4 Å². The van der Waals surface area contributed by atoms with Crippen LogP contribution in [0.2, 0.25) is 0 Å². The summed E-state index contributed by atoms with van der Waals surface area (Å²) >= 11 is 0. The molecule has 0 saturated carbocycles. The number of aliphatic hydroxyl groups is 3. The van der Waals surface area contributed by atoms with E-state index in [1.807, 2.05) is 30.3 Å². The zero-order chi connectivity index (χ0) is 13.0. The van der Waals surface area contributed by atoms with Gasteiger partial charge in [-0.3, -0.25) is 0 Å². The summed E-state index contributed by atoms with van der Waals surface area (Å²) < 4.78 is 5.29. The van der Waals surface area contributed by atoms with Crippen LogP contribution in [0.1, 0.15) is 5.56 Å². The second-order valence-corrected chi connectivity index (χ2v) is 4.51. The maximum atomic E-state index is 9.91. The fourth-order valence-electron chi connectivity index (χ4n) is 2.07. The van der Waals surface area contributed by atoms with Gasteiger partial charge in [0.25, 0.3) is 0 Å². The second-order valence-electron chi connectivity index (χ2n) is 4.51. The fourth-order valence-corrected chi connectivity index (χ4v) is 2.07. The van der Waals surface area contributed by atoms with Crippen LogP contribution < -0.4 is 5.32 Å². The summed E-state index contributed by atoms with van der Waals surface area (Å²) in [7, 11) is 0. The van der Waals surface area contributed by atoms with Crippen LogP contribution in [0.3, 0.4) is 0 Å². The Labute approximate surface area is 106 Å². The molecule has 0 spiro atoms. The van der Waals surface area contributed by atoms with E-state index in [2.05, 4.69) is 5.32 Å². The van der Waals surface area contributed by atoms with Crippen molar-refractivity contribution >= 4 is 0 Å². The Bertz CT molecular complexity index is 359. The van der Waals surface area contributed by atoms with E-state index in [9.17, 15) is 10.2 Å². The SMILES string of the molecule is OC[C@@H]1OC[C@H](NCc2ccccc2)[C@@H](O)[C@H]1O. The third-order valence-electron chi connectivity index (χ3n) is 3.22. The highest BCUT2D eigenvalue weighted by Gasteiger charge is 2.37. The number of hydrogen-bond donors (Lipinski definition) is 4. The van der Waals surface area contributed by atoms with Crippen LogP contribution in [-0.2, 0) is 11.3 Å². The van der Waals surface area contributed by atoms with Gasteiger partial charge in [-0.05, 0) is 5.56 Å². The first kappa shape index (κ1) is 13.5. The fraction of sp³-hybridized carbons (Fsp3) is 0.538. The molecule has 2 rings (SSSR count). The zero-order valence-electron chi connectivity index (χ0n) is 10.1. The molecule has 5 heteroatoms. The Morgan fingerprint density at radius 3 is 2.56 bits per heavy atom. The van der Waals surface area contributed by atoms with Gasteiger partial charge in [0.1, 0.15) is 18.3 Å². The van der Waals surface area contributed by atoms with Gasteiger partial charge in [-0.1, -0.05) is 30.3 Å². The average molecular weight is 253 g/mol. The van der Waals surface area contributed by atoms with Crippen molar-refractivity contribution in [2.75, 3.05) is 13.2 Å². The Kier molecular flexibility index (Phi) is 4.68. The average Bonchev–Trinajstić information content (AvgIpc) is 2.42. The molecule has 1 saturated heterocycles. The van der Waals surface area contributed by atoms with Crippen molar-refractivity contribution in [1.29, 1.82) is 0 Å². The Morgan fingerprint density at radius 1 is 1.17 bits per heavy atom. The van der Waals surface area contributed by atoms with Crippen LogP contribution in [0.4, 0.5) is 0 Å². The van der Waals surface area contributed by atoms with Crippen molar-refractivity contribution in [3.63, 3.8) is 0 Å². The minimum absolute atomic E-state index is 0.274. The molecule has 1 aliphatic rings. The summed E-state index contributed by atoms with van der Waals surface area (Å²) in [6, 6.07) is 9.47. The van der Waals surface area contributed by atoms with Crippen LogP contribution in [0, 0.1) is 0 Å². The third-order valence-corrected chi connectivity index (χ3v) is 3.22. The van der Waals surface area contributed by atoms with Gasteiger partial charge in [-0.2, -0.15) is 0 Å². The lowest BCUT2D eigenvalue weighted by Gasteiger charge is -2.37. The zero-order valence-corrected chi connectivity index (χ0v) is 10.1. The lowest BCUT2D eigenvalue weighted by atomic mass is 9.98. The molecule has 0 radical (unpaired) electrons. The van der Waals surface area contributed by atoms with Crippen molar-refractivity contribution in [2.45, 2.75) is 30.9 Å². The van der Waals surface area contributed by atoms with E-state index < -0.39 is 18.3 Å². The predicted molar refractivity (Wildman–Crippen MR) is 65.9 cm³/mol. The number of nitrogens with one attached hydrogen (secondary N) is 1. The molecule has 5 nitrogen and oxygen atoms in total. The van der Waals surface area contributed by atoms with Crippen LogP contribution in [0.15, 0.2) is 30.3 Å². The van der Waals surface area contributed by atoms with Crippen molar-refractivity contribution in [3.8, 4) is 0 Å². The molecule has 1 aromatic rings. The lowest BCUT2D eigenvalue weighted by Crippen LogP contribution is -2.58. The van der Waals surface area contributed by atoms with E-state index in [1.54, 1.807) is 0 Å². The van der Waals surface area contributed by atoms with Gasteiger partial charge in [-0.25, -0.2) is 0 Å². The van der Waals surface area contributed by atoms with Gasteiger partial charge in [0.05, 0.1) is 19.3 Å². The van der Waals surface area contributed by atoms with E-state index in [1.165, 1.54) is 0 Å². The highest BCUT2D eigenvalue weighted by molar-refractivity contribution is 5.14. The highest BCUT2D eigenvalue weighted by Crippen LogP contribution is 2.15. The maximum Gasteiger partial charge on any atom is 0.110 e. The van der Waals surface area contributed by atoms with Crippen molar-refractivity contribution < 1.29 is 20.1 Å². The van der Waals surface area contributed by atoms with Crippen LogP contribution in [0.25, 0.3) is 0 Å². The van der Waals surface area contributed by atoms with Gasteiger partial charge in [-0.15, -0.1) is 0 Å².